The third-order valence-electron chi connectivity index (χ3n) is 4.82. The number of carboxylic acid groups (broad SMARTS) is 1. The molecule has 2 aromatic carbocycles. The molecular formula is C19H19IN2O4. The first-order valence-electron chi connectivity index (χ1n) is 8.43. The molecule has 1 fully saturated rings. The monoisotopic (exact) mass is 466 g/mol. The Morgan fingerprint density at radius 2 is 1.85 bits per heavy atom. The van der Waals surface area contributed by atoms with Crippen molar-refractivity contribution in [3.05, 3.63) is 72.8 Å². The lowest BCUT2D eigenvalue weighted by molar-refractivity contribution is -0.386. The van der Waals surface area contributed by atoms with Crippen molar-refractivity contribution >= 4 is 34.2 Å². The topological polar surface area (TPSA) is 83.7 Å². The van der Waals surface area contributed by atoms with Crippen molar-refractivity contribution in [2.24, 2.45) is 0 Å². The van der Waals surface area contributed by atoms with Gasteiger partial charge in [-0.25, -0.2) is 4.79 Å². The fourth-order valence-corrected chi connectivity index (χ4v) is 4.44. The molecule has 7 heteroatoms. The van der Waals surface area contributed by atoms with Crippen LogP contribution < -0.4 is 0 Å². The number of aromatic carboxylic acids is 1. The summed E-state index contributed by atoms with van der Waals surface area (Å²) in [5.41, 5.74) is 1.36. The van der Waals surface area contributed by atoms with Gasteiger partial charge in [-0.2, -0.15) is 0 Å². The second-order valence-electron chi connectivity index (χ2n) is 6.46. The summed E-state index contributed by atoms with van der Waals surface area (Å²) < 4.78 is 0.765. The SMILES string of the molecule is O=C(O)c1ccc(I)c(C2CCN(Cc3ccccc3)CC2)c1[N+](=O)[O-]. The van der Waals surface area contributed by atoms with E-state index < -0.39 is 10.9 Å². The molecule has 0 aromatic heterocycles. The fourth-order valence-electron chi connectivity index (χ4n) is 3.56. The Hall–Kier alpha value is -2.00. The Morgan fingerprint density at radius 3 is 2.42 bits per heavy atom. The molecule has 1 saturated heterocycles. The largest absolute Gasteiger partial charge is 0.477 e. The van der Waals surface area contributed by atoms with Gasteiger partial charge in [0, 0.05) is 15.7 Å². The lowest BCUT2D eigenvalue weighted by Gasteiger charge is -2.32. The number of carbonyl (C=O) groups is 1. The number of nitro benzene ring substituents is 1. The van der Waals surface area contributed by atoms with Crippen LogP contribution in [0.5, 0.6) is 0 Å². The maximum absolute atomic E-state index is 11.6. The van der Waals surface area contributed by atoms with Gasteiger partial charge < -0.3 is 5.11 Å². The van der Waals surface area contributed by atoms with E-state index in [0.29, 0.717) is 5.56 Å². The minimum Gasteiger partial charge on any atom is -0.477 e. The zero-order valence-corrected chi connectivity index (χ0v) is 16.3. The fraction of sp³-hybridized carbons (Fsp3) is 0.316. The predicted octanol–water partition coefficient (Wildman–Crippen LogP) is 4.28. The van der Waals surface area contributed by atoms with Crippen molar-refractivity contribution in [1.82, 2.24) is 4.90 Å². The van der Waals surface area contributed by atoms with Crippen molar-refractivity contribution in [1.29, 1.82) is 0 Å². The van der Waals surface area contributed by atoms with Crippen LogP contribution in [0.2, 0.25) is 0 Å². The minimum absolute atomic E-state index is 0.00798. The number of halogens is 1. The quantitative estimate of drug-likeness (QED) is 0.404. The molecule has 1 N–H and O–H groups in total. The normalized spacial score (nSPS) is 15.7. The van der Waals surface area contributed by atoms with E-state index in [-0.39, 0.29) is 17.2 Å². The van der Waals surface area contributed by atoms with E-state index in [2.05, 4.69) is 39.6 Å². The van der Waals surface area contributed by atoms with Crippen LogP contribution in [0.4, 0.5) is 5.69 Å². The number of carboxylic acids is 1. The van der Waals surface area contributed by atoms with E-state index >= 15 is 0 Å². The summed E-state index contributed by atoms with van der Waals surface area (Å²) in [5, 5.41) is 20.9. The molecule has 0 saturated carbocycles. The number of nitrogens with zero attached hydrogens (tertiary/aromatic N) is 2. The van der Waals surface area contributed by atoms with Crippen molar-refractivity contribution in [3.8, 4) is 0 Å². The zero-order chi connectivity index (χ0) is 18.7. The van der Waals surface area contributed by atoms with E-state index in [4.69, 9.17) is 0 Å². The summed E-state index contributed by atoms with van der Waals surface area (Å²) in [5.74, 6) is -1.25. The zero-order valence-electron chi connectivity index (χ0n) is 14.1. The molecule has 0 atom stereocenters. The van der Waals surface area contributed by atoms with Crippen LogP contribution >= 0.6 is 22.6 Å². The predicted molar refractivity (Wildman–Crippen MR) is 106 cm³/mol. The minimum atomic E-state index is -1.25. The molecule has 0 radical (unpaired) electrons. The lowest BCUT2D eigenvalue weighted by atomic mass is 9.87. The van der Waals surface area contributed by atoms with E-state index in [1.54, 1.807) is 6.07 Å². The van der Waals surface area contributed by atoms with Crippen molar-refractivity contribution in [3.63, 3.8) is 0 Å². The van der Waals surface area contributed by atoms with E-state index in [9.17, 15) is 20.0 Å². The number of benzene rings is 2. The standard InChI is InChI=1S/C19H19IN2O4/c20-16-7-6-15(19(23)24)18(22(25)26)17(16)14-8-10-21(11-9-14)12-13-4-2-1-3-5-13/h1-7,14H,8-12H2,(H,23,24). The van der Waals surface area contributed by atoms with Crippen LogP contribution in [-0.2, 0) is 6.54 Å². The van der Waals surface area contributed by atoms with Crippen LogP contribution in [0.3, 0.4) is 0 Å². The highest BCUT2D eigenvalue weighted by molar-refractivity contribution is 14.1. The smallest absolute Gasteiger partial charge is 0.342 e. The maximum Gasteiger partial charge on any atom is 0.342 e. The van der Waals surface area contributed by atoms with Crippen molar-refractivity contribution in [2.75, 3.05) is 13.1 Å². The van der Waals surface area contributed by atoms with Gasteiger partial charge in [0.15, 0.2) is 0 Å². The molecular weight excluding hydrogens is 447 g/mol. The van der Waals surface area contributed by atoms with Crippen LogP contribution in [0.15, 0.2) is 42.5 Å². The van der Waals surface area contributed by atoms with Gasteiger partial charge >= 0.3 is 5.97 Å². The van der Waals surface area contributed by atoms with E-state index in [0.717, 1.165) is 36.0 Å². The Bertz CT molecular complexity index is 818. The van der Waals surface area contributed by atoms with Crippen molar-refractivity contribution < 1.29 is 14.8 Å². The molecule has 1 aliphatic heterocycles. The maximum atomic E-state index is 11.6. The first-order chi connectivity index (χ1) is 12.5. The van der Waals surface area contributed by atoms with Crippen LogP contribution in [0.25, 0.3) is 0 Å². The van der Waals surface area contributed by atoms with Gasteiger partial charge in [0.1, 0.15) is 5.56 Å². The third kappa shape index (κ3) is 4.04. The Balaban J connectivity index is 1.80. The van der Waals surface area contributed by atoms with Crippen LogP contribution in [0, 0.1) is 13.7 Å². The average Bonchev–Trinajstić information content (AvgIpc) is 2.63. The molecule has 0 amide bonds. The highest BCUT2D eigenvalue weighted by Crippen LogP contribution is 2.39. The van der Waals surface area contributed by atoms with E-state index in [1.807, 2.05) is 18.2 Å². The van der Waals surface area contributed by atoms with Gasteiger partial charge in [-0.15, -0.1) is 0 Å². The number of piperidine rings is 1. The number of rotatable bonds is 5. The summed E-state index contributed by atoms with van der Waals surface area (Å²) in [6.45, 7) is 2.54. The van der Waals surface area contributed by atoms with Gasteiger partial charge in [-0.1, -0.05) is 30.3 Å². The van der Waals surface area contributed by atoms with Crippen LogP contribution in [0.1, 0.15) is 40.2 Å². The first kappa shape index (κ1) is 18.8. The second-order valence-corrected chi connectivity index (χ2v) is 7.62. The molecule has 6 nitrogen and oxygen atoms in total. The summed E-state index contributed by atoms with van der Waals surface area (Å²) in [4.78, 5) is 24.8. The summed E-state index contributed by atoms with van der Waals surface area (Å²) in [6, 6.07) is 13.2. The van der Waals surface area contributed by atoms with Gasteiger partial charge in [0.05, 0.1) is 4.92 Å². The molecule has 1 heterocycles. The molecule has 2 aromatic rings. The highest BCUT2D eigenvalue weighted by Gasteiger charge is 2.32. The first-order valence-corrected chi connectivity index (χ1v) is 9.51. The number of likely N-dealkylation sites (tertiary alicyclic amines) is 1. The lowest BCUT2D eigenvalue weighted by Crippen LogP contribution is -2.33. The van der Waals surface area contributed by atoms with Gasteiger partial charge in [-0.05, 0) is 72.1 Å². The summed E-state index contributed by atoms with van der Waals surface area (Å²) in [6.07, 6.45) is 1.57. The number of hydrogen-bond donors (Lipinski definition) is 1. The Labute approximate surface area is 165 Å². The summed E-state index contributed by atoms with van der Waals surface area (Å²) >= 11 is 2.07. The highest BCUT2D eigenvalue weighted by atomic mass is 127. The Morgan fingerprint density at radius 1 is 1.19 bits per heavy atom. The molecule has 0 unspecified atom stereocenters. The second kappa shape index (κ2) is 8.13. The molecule has 26 heavy (non-hydrogen) atoms. The molecule has 0 aliphatic carbocycles. The van der Waals surface area contributed by atoms with Crippen molar-refractivity contribution in [2.45, 2.75) is 25.3 Å². The molecule has 136 valence electrons. The van der Waals surface area contributed by atoms with Gasteiger partial charge in [0.2, 0.25) is 0 Å². The molecule has 3 rings (SSSR count). The van der Waals surface area contributed by atoms with Crippen LogP contribution in [-0.4, -0.2) is 34.0 Å². The van der Waals surface area contributed by atoms with E-state index in [1.165, 1.54) is 11.6 Å². The molecule has 0 bridgehead atoms. The number of nitro groups is 1. The number of hydrogen-bond acceptors (Lipinski definition) is 4. The van der Waals surface area contributed by atoms with Gasteiger partial charge in [-0.3, -0.25) is 15.0 Å². The molecule has 1 aliphatic rings. The molecule has 0 spiro atoms. The Kier molecular flexibility index (Phi) is 5.87. The third-order valence-corrected chi connectivity index (χ3v) is 5.76. The summed E-state index contributed by atoms with van der Waals surface area (Å²) in [7, 11) is 0. The van der Waals surface area contributed by atoms with Gasteiger partial charge in [0.25, 0.3) is 5.69 Å². The average molecular weight is 466 g/mol.